The Bertz CT molecular complexity index is 722. The molecule has 20 heavy (non-hydrogen) atoms. The monoisotopic (exact) mass is 266 g/mol. The largest absolute Gasteiger partial charge is 0.495 e. The first-order chi connectivity index (χ1) is 9.79. The van der Waals surface area contributed by atoms with E-state index in [1.54, 1.807) is 25.8 Å². The Morgan fingerprint density at radius 1 is 1.10 bits per heavy atom. The van der Waals surface area contributed by atoms with E-state index in [1.807, 2.05) is 41.1 Å². The van der Waals surface area contributed by atoms with Crippen molar-refractivity contribution in [1.82, 2.24) is 14.5 Å². The van der Waals surface area contributed by atoms with Gasteiger partial charge < -0.3 is 10.5 Å². The van der Waals surface area contributed by atoms with Gasteiger partial charge in [-0.2, -0.15) is 0 Å². The van der Waals surface area contributed by atoms with Crippen LogP contribution >= 0.6 is 0 Å². The molecule has 0 spiro atoms. The Hall–Kier alpha value is -2.82. The molecule has 0 saturated carbocycles. The number of hydrogen-bond acceptors (Lipinski definition) is 4. The summed E-state index contributed by atoms with van der Waals surface area (Å²) in [6, 6.07) is 9.54. The highest BCUT2D eigenvalue weighted by molar-refractivity contribution is 5.64. The molecule has 2 heterocycles. The lowest BCUT2D eigenvalue weighted by Gasteiger charge is -2.11. The molecule has 2 N–H and O–H groups in total. The highest BCUT2D eigenvalue weighted by atomic mass is 16.5. The third kappa shape index (κ3) is 2.09. The van der Waals surface area contributed by atoms with Gasteiger partial charge in [0.15, 0.2) is 0 Å². The number of nitrogens with zero attached hydrogens (tertiary/aromatic N) is 3. The van der Waals surface area contributed by atoms with E-state index in [2.05, 4.69) is 9.97 Å². The van der Waals surface area contributed by atoms with Crippen LogP contribution in [0.15, 0.2) is 55.2 Å². The summed E-state index contributed by atoms with van der Waals surface area (Å²) in [4.78, 5) is 8.25. The van der Waals surface area contributed by atoms with Gasteiger partial charge in [0.1, 0.15) is 5.75 Å². The van der Waals surface area contributed by atoms with Gasteiger partial charge in [-0.1, -0.05) is 0 Å². The maximum absolute atomic E-state index is 5.84. The Labute approximate surface area is 116 Å². The van der Waals surface area contributed by atoms with Crippen LogP contribution in [0.25, 0.3) is 16.9 Å². The molecule has 0 aliphatic heterocycles. The van der Waals surface area contributed by atoms with Gasteiger partial charge in [-0.05, 0) is 24.3 Å². The fraction of sp³-hybridized carbons (Fsp3) is 0.0667. The van der Waals surface area contributed by atoms with Crippen LogP contribution in [0.1, 0.15) is 0 Å². The van der Waals surface area contributed by atoms with E-state index < -0.39 is 0 Å². The number of nitrogens with two attached hydrogens (primary N) is 1. The van der Waals surface area contributed by atoms with Gasteiger partial charge in [0.25, 0.3) is 0 Å². The van der Waals surface area contributed by atoms with Crippen LogP contribution in [-0.4, -0.2) is 21.6 Å². The summed E-state index contributed by atoms with van der Waals surface area (Å²) in [6.07, 6.45) is 7.10. The second-order valence-corrected chi connectivity index (χ2v) is 4.31. The number of imidazole rings is 1. The fourth-order valence-electron chi connectivity index (χ4n) is 2.09. The minimum absolute atomic E-state index is 0.613. The second-order valence-electron chi connectivity index (χ2n) is 4.31. The fourth-order valence-corrected chi connectivity index (χ4v) is 2.09. The quantitative estimate of drug-likeness (QED) is 0.740. The van der Waals surface area contributed by atoms with Crippen LogP contribution in [0.5, 0.6) is 5.75 Å². The zero-order valence-corrected chi connectivity index (χ0v) is 11.0. The van der Waals surface area contributed by atoms with Crippen molar-refractivity contribution in [2.24, 2.45) is 0 Å². The number of ether oxygens (including phenoxy) is 1. The summed E-state index contributed by atoms with van der Waals surface area (Å²) in [5, 5.41) is 0. The zero-order valence-electron chi connectivity index (χ0n) is 11.0. The molecule has 0 saturated heterocycles. The van der Waals surface area contributed by atoms with Gasteiger partial charge in [0.05, 0.1) is 36.7 Å². The highest BCUT2D eigenvalue weighted by Gasteiger charge is 2.08. The van der Waals surface area contributed by atoms with Crippen LogP contribution < -0.4 is 10.5 Å². The minimum Gasteiger partial charge on any atom is -0.495 e. The molecular weight excluding hydrogens is 252 g/mol. The van der Waals surface area contributed by atoms with Gasteiger partial charge in [-0.25, -0.2) is 4.98 Å². The summed E-state index contributed by atoms with van der Waals surface area (Å²) in [6.45, 7) is 0. The van der Waals surface area contributed by atoms with Crippen LogP contribution in [0.4, 0.5) is 5.69 Å². The lowest BCUT2D eigenvalue weighted by molar-refractivity contribution is 0.417. The number of hydrogen-bond donors (Lipinski definition) is 1. The van der Waals surface area contributed by atoms with Crippen molar-refractivity contribution in [3.63, 3.8) is 0 Å². The molecule has 5 heteroatoms. The Kier molecular flexibility index (Phi) is 3.09. The van der Waals surface area contributed by atoms with Crippen LogP contribution in [0.2, 0.25) is 0 Å². The molecule has 5 nitrogen and oxygen atoms in total. The number of anilines is 1. The number of benzene rings is 1. The van der Waals surface area contributed by atoms with Crippen molar-refractivity contribution in [3.8, 4) is 22.7 Å². The Morgan fingerprint density at radius 3 is 2.65 bits per heavy atom. The first kappa shape index (κ1) is 12.2. The van der Waals surface area contributed by atoms with E-state index in [4.69, 9.17) is 10.5 Å². The van der Waals surface area contributed by atoms with Crippen molar-refractivity contribution >= 4 is 5.69 Å². The van der Waals surface area contributed by atoms with Crippen molar-refractivity contribution < 1.29 is 4.74 Å². The van der Waals surface area contributed by atoms with Crippen molar-refractivity contribution in [2.75, 3.05) is 12.8 Å². The average molecular weight is 266 g/mol. The number of pyridine rings is 1. The molecule has 0 atom stereocenters. The van der Waals surface area contributed by atoms with Gasteiger partial charge in [0.2, 0.25) is 0 Å². The van der Waals surface area contributed by atoms with Gasteiger partial charge in [0, 0.05) is 24.0 Å². The van der Waals surface area contributed by atoms with Crippen LogP contribution in [0.3, 0.4) is 0 Å². The van der Waals surface area contributed by atoms with Crippen molar-refractivity contribution in [3.05, 3.63) is 55.2 Å². The van der Waals surface area contributed by atoms with E-state index in [9.17, 15) is 0 Å². The van der Waals surface area contributed by atoms with Crippen molar-refractivity contribution in [2.45, 2.75) is 0 Å². The predicted molar refractivity (Wildman–Crippen MR) is 77.8 cm³/mol. The molecule has 1 aromatic carbocycles. The molecule has 0 bridgehead atoms. The zero-order chi connectivity index (χ0) is 13.9. The molecule has 2 aromatic heterocycles. The van der Waals surface area contributed by atoms with Crippen LogP contribution in [0, 0.1) is 0 Å². The molecule has 3 aromatic rings. The summed E-state index contributed by atoms with van der Waals surface area (Å²) < 4.78 is 7.24. The average Bonchev–Trinajstić information content (AvgIpc) is 2.98. The second kappa shape index (κ2) is 5.05. The molecule has 3 rings (SSSR count). The Balaban J connectivity index is 2.10. The van der Waals surface area contributed by atoms with E-state index in [0.717, 1.165) is 16.9 Å². The van der Waals surface area contributed by atoms with E-state index in [0.29, 0.717) is 11.4 Å². The van der Waals surface area contributed by atoms with Crippen molar-refractivity contribution in [1.29, 1.82) is 0 Å². The summed E-state index contributed by atoms with van der Waals surface area (Å²) in [5.41, 5.74) is 9.44. The van der Waals surface area contributed by atoms with E-state index in [-0.39, 0.29) is 0 Å². The lowest BCUT2D eigenvalue weighted by Crippen LogP contribution is -1.98. The molecule has 0 amide bonds. The maximum atomic E-state index is 5.84. The first-order valence-corrected chi connectivity index (χ1v) is 6.16. The topological polar surface area (TPSA) is 66.0 Å². The lowest BCUT2D eigenvalue weighted by atomic mass is 10.2. The normalized spacial score (nSPS) is 10.4. The molecule has 100 valence electrons. The maximum Gasteiger partial charge on any atom is 0.143 e. The third-order valence-electron chi connectivity index (χ3n) is 3.11. The van der Waals surface area contributed by atoms with Gasteiger partial charge in [-0.3, -0.25) is 9.55 Å². The number of methoxy groups -OCH3 is 1. The summed E-state index contributed by atoms with van der Waals surface area (Å²) >= 11 is 0. The van der Waals surface area contributed by atoms with Gasteiger partial charge >= 0.3 is 0 Å². The molecule has 0 aliphatic rings. The first-order valence-electron chi connectivity index (χ1n) is 6.16. The van der Waals surface area contributed by atoms with E-state index >= 15 is 0 Å². The molecule has 0 aliphatic carbocycles. The third-order valence-corrected chi connectivity index (χ3v) is 3.11. The standard InChI is InChI=1S/C15H14N4O/c1-20-15-8-12(2-3-13(15)16)19-10-18-9-14(19)11-4-6-17-7-5-11/h2-10H,16H2,1H3. The number of aromatic nitrogens is 3. The summed E-state index contributed by atoms with van der Waals surface area (Å²) in [7, 11) is 1.60. The minimum atomic E-state index is 0.613. The molecule has 0 unspecified atom stereocenters. The number of nitrogen functional groups attached to an aromatic ring is 1. The number of rotatable bonds is 3. The van der Waals surface area contributed by atoms with E-state index in [1.165, 1.54) is 0 Å². The Morgan fingerprint density at radius 2 is 1.90 bits per heavy atom. The molecular formula is C15H14N4O. The SMILES string of the molecule is COc1cc(-n2cncc2-c2ccncc2)ccc1N. The van der Waals surface area contributed by atoms with Gasteiger partial charge in [-0.15, -0.1) is 0 Å². The predicted octanol–water partition coefficient (Wildman–Crippen LogP) is 2.53. The smallest absolute Gasteiger partial charge is 0.143 e. The summed E-state index contributed by atoms with van der Waals surface area (Å²) in [5.74, 6) is 0.650. The molecule has 0 radical (unpaired) electrons. The molecule has 0 fully saturated rings. The highest BCUT2D eigenvalue weighted by Crippen LogP contribution is 2.27. The van der Waals surface area contributed by atoms with Crippen LogP contribution in [-0.2, 0) is 0 Å².